The molecule has 180 valence electrons. The number of anilines is 1. The number of rotatable bonds is 10. The van der Waals surface area contributed by atoms with Crippen LogP contribution in [-0.2, 0) is 9.53 Å². The first-order valence-corrected chi connectivity index (χ1v) is 11.3. The van der Waals surface area contributed by atoms with E-state index in [4.69, 9.17) is 16.3 Å². The molecule has 0 aliphatic rings. The Kier molecular flexibility index (Phi) is 8.61. The Labute approximate surface area is 202 Å². The lowest BCUT2D eigenvalue weighted by molar-refractivity contribution is -0.141. The van der Waals surface area contributed by atoms with Crippen molar-refractivity contribution in [3.63, 3.8) is 0 Å². The van der Waals surface area contributed by atoms with Crippen molar-refractivity contribution in [3.8, 4) is 11.3 Å². The molecule has 0 aliphatic carbocycles. The van der Waals surface area contributed by atoms with E-state index in [9.17, 15) is 14.7 Å². The van der Waals surface area contributed by atoms with Gasteiger partial charge in [0, 0.05) is 29.9 Å². The summed E-state index contributed by atoms with van der Waals surface area (Å²) in [6, 6.07) is 7.94. The lowest BCUT2D eigenvalue weighted by atomic mass is 10.1. The minimum atomic E-state index is -0.599. The molecule has 34 heavy (non-hydrogen) atoms. The van der Waals surface area contributed by atoms with Crippen molar-refractivity contribution in [1.82, 2.24) is 20.3 Å². The summed E-state index contributed by atoms with van der Waals surface area (Å²) in [7, 11) is 0. The topological polar surface area (TPSA) is 129 Å². The molecule has 0 saturated heterocycles. The fraction of sp³-hybridized carbons (Fsp3) is 0.333. The van der Waals surface area contributed by atoms with E-state index in [0.29, 0.717) is 39.9 Å². The van der Waals surface area contributed by atoms with Crippen LogP contribution >= 0.6 is 11.6 Å². The Hall–Kier alpha value is -3.43. The number of carbonyl (C=O) groups is 2. The Morgan fingerprint density at radius 1 is 1.29 bits per heavy atom. The first-order chi connectivity index (χ1) is 16.3. The molecule has 9 nitrogen and oxygen atoms in total. The number of benzene rings is 1. The van der Waals surface area contributed by atoms with Crippen LogP contribution in [0, 0.1) is 6.92 Å². The number of ether oxygens (including phenoxy) is 1. The van der Waals surface area contributed by atoms with Crippen molar-refractivity contribution >= 4 is 29.4 Å². The molecule has 0 spiro atoms. The molecule has 0 bridgehead atoms. The number of hydrogen-bond acceptors (Lipinski definition) is 7. The van der Waals surface area contributed by atoms with Crippen LogP contribution in [0.4, 0.5) is 5.95 Å². The first kappa shape index (κ1) is 25.2. The molecule has 0 saturated carbocycles. The fourth-order valence-corrected chi connectivity index (χ4v) is 3.52. The highest BCUT2D eigenvalue weighted by Gasteiger charge is 2.18. The Morgan fingerprint density at radius 3 is 2.76 bits per heavy atom. The predicted molar refractivity (Wildman–Crippen MR) is 130 cm³/mol. The smallest absolute Gasteiger partial charge is 0.302 e. The van der Waals surface area contributed by atoms with Gasteiger partial charge in [0.05, 0.1) is 24.4 Å². The predicted octanol–water partition coefficient (Wildman–Crippen LogP) is 3.65. The highest BCUT2D eigenvalue weighted by molar-refractivity contribution is 6.30. The van der Waals surface area contributed by atoms with Gasteiger partial charge in [-0.2, -0.15) is 0 Å². The second kappa shape index (κ2) is 11.6. The van der Waals surface area contributed by atoms with Crippen molar-refractivity contribution in [2.75, 3.05) is 18.5 Å². The van der Waals surface area contributed by atoms with Gasteiger partial charge in [0.25, 0.3) is 5.91 Å². The zero-order valence-corrected chi connectivity index (χ0v) is 20.0. The van der Waals surface area contributed by atoms with Crippen molar-refractivity contribution < 1.29 is 19.4 Å². The van der Waals surface area contributed by atoms with Crippen molar-refractivity contribution in [2.45, 2.75) is 39.3 Å². The molecule has 2 atom stereocenters. The number of hydrogen-bond donors (Lipinski definition) is 4. The van der Waals surface area contributed by atoms with Gasteiger partial charge in [-0.05, 0) is 42.7 Å². The number of H-pyrrole nitrogens is 1. The minimum Gasteiger partial charge on any atom is -0.464 e. The first-order valence-electron chi connectivity index (χ1n) is 10.9. The summed E-state index contributed by atoms with van der Waals surface area (Å²) in [5.41, 5.74) is 3.23. The van der Waals surface area contributed by atoms with Crippen LogP contribution in [0.25, 0.3) is 11.3 Å². The number of aryl methyl sites for hydroxylation is 1. The molecule has 1 aromatic carbocycles. The van der Waals surface area contributed by atoms with Gasteiger partial charge in [-0.25, -0.2) is 9.97 Å². The summed E-state index contributed by atoms with van der Waals surface area (Å²) in [5.74, 6) is -0.321. The number of halogens is 1. The summed E-state index contributed by atoms with van der Waals surface area (Å²) < 4.78 is 5.08. The van der Waals surface area contributed by atoms with Crippen LogP contribution in [0.2, 0.25) is 5.02 Å². The number of aromatic amines is 1. The number of nitrogens with one attached hydrogen (secondary N) is 3. The summed E-state index contributed by atoms with van der Waals surface area (Å²) in [5, 5.41) is 16.3. The van der Waals surface area contributed by atoms with Gasteiger partial charge in [0.15, 0.2) is 0 Å². The number of aliphatic hydroxyl groups excluding tert-OH is 1. The largest absolute Gasteiger partial charge is 0.464 e. The van der Waals surface area contributed by atoms with Gasteiger partial charge in [-0.3, -0.25) is 9.59 Å². The van der Waals surface area contributed by atoms with Crippen LogP contribution in [0.15, 0.2) is 42.7 Å². The zero-order valence-electron chi connectivity index (χ0n) is 19.3. The van der Waals surface area contributed by atoms with Gasteiger partial charge >= 0.3 is 5.97 Å². The number of nitrogens with zero attached hydrogens (tertiary/aromatic N) is 2. The molecule has 3 rings (SSSR count). The average molecular weight is 486 g/mol. The standard InChI is InChI=1S/C24H28ClN5O4/c1-4-19(13-34-15(3)32)28-24-27-10-14(2)22(30-24)17-9-20(26-11-17)23(33)29-21(12-31)16-6-5-7-18(25)8-16/h5-11,19,21,26,31H,4,12-13H2,1-3H3,(H,29,33)(H,27,28,30)/t19-,21-/m1/s1. The van der Waals surface area contributed by atoms with E-state index < -0.39 is 6.04 Å². The normalized spacial score (nSPS) is 12.6. The summed E-state index contributed by atoms with van der Waals surface area (Å²) >= 11 is 6.03. The average Bonchev–Trinajstić information content (AvgIpc) is 3.31. The molecule has 2 heterocycles. The van der Waals surface area contributed by atoms with Crippen molar-refractivity contribution in [3.05, 3.63) is 64.6 Å². The van der Waals surface area contributed by atoms with E-state index in [0.717, 1.165) is 5.56 Å². The molecule has 0 fully saturated rings. The van der Waals surface area contributed by atoms with Crippen molar-refractivity contribution in [1.29, 1.82) is 0 Å². The molecular weight excluding hydrogens is 458 g/mol. The van der Waals surface area contributed by atoms with E-state index in [1.165, 1.54) is 6.92 Å². The second-order valence-corrected chi connectivity index (χ2v) is 8.28. The highest BCUT2D eigenvalue weighted by Crippen LogP contribution is 2.24. The number of aromatic nitrogens is 3. The van der Waals surface area contributed by atoms with Crippen molar-refractivity contribution in [2.24, 2.45) is 0 Å². The zero-order chi connectivity index (χ0) is 24.7. The van der Waals surface area contributed by atoms with E-state index in [1.807, 2.05) is 13.8 Å². The number of esters is 1. The summed E-state index contributed by atoms with van der Waals surface area (Å²) in [6.07, 6.45) is 4.10. The van der Waals surface area contributed by atoms with Gasteiger partial charge in [0.1, 0.15) is 12.3 Å². The molecule has 3 aromatic rings. The summed E-state index contributed by atoms with van der Waals surface area (Å²) in [6.45, 7) is 5.15. The quantitative estimate of drug-likeness (QED) is 0.322. The van der Waals surface area contributed by atoms with Crippen LogP contribution in [0.1, 0.15) is 47.9 Å². The Bertz CT molecular complexity index is 1150. The third-order valence-electron chi connectivity index (χ3n) is 5.23. The maximum absolute atomic E-state index is 12.8. The van der Waals surface area contributed by atoms with Crippen LogP contribution in [0.5, 0.6) is 0 Å². The van der Waals surface area contributed by atoms with E-state index in [-0.39, 0.29) is 31.1 Å². The van der Waals surface area contributed by atoms with Gasteiger partial charge in [0.2, 0.25) is 5.95 Å². The highest BCUT2D eigenvalue weighted by atomic mass is 35.5. The number of aliphatic hydroxyl groups is 1. The lowest BCUT2D eigenvalue weighted by Gasteiger charge is -2.17. The van der Waals surface area contributed by atoms with Crippen LogP contribution in [-0.4, -0.2) is 51.2 Å². The fourth-order valence-electron chi connectivity index (χ4n) is 3.32. The third-order valence-corrected chi connectivity index (χ3v) is 5.46. The Morgan fingerprint density at radius 2 is 2.09 bits per heavy atom. The molecule has 0 unspecified atom stereocenters. The molecular formula is C24H28ClN5O4. The monoisotopic (exact) mass is 485 g/mol. The van der Waals surface area contributed by atoms with Crippen LogP contribution < -0.4 is 10.6 Å². The number of carbonyl (C=O) groups excluding carboxylic acids is 2. The second-order valence-electron chi connectivity index (χ2n) is 7.84. The van der Waals surface area contributed by atoms with E-state index in [2.05, 4.69) is 25.6 Å². The lowest BCUT2D eigenvalue weighted by Crippen LogP contribution is -2.31. The maximum atomic E-state index is 12.8. The number of amides is 1. The SMILES string of the molecule is CC[C@H](COC(C)=O)Nc1ncc(C)c(-c2c[nH]c(C(=O)N[C@H](CO)c3cccc(Cl)c3)c2)n1. The molecule has 1 amide bonds. The molecule has 0 radical (unpaired) electrons. The Balaban J connectivity index is 1.75. The summed E-state index contributed by atoms with van der Waals surface area (Å²) in [4.78, 5) is 35.8. The van der Waals surface area contributed by atoms with E-state index >= 15 is 0 Å². The van der Waals surface area contributed by atoms with E-state index in [1.54, 1.807) is 42.7 Å². The molecule has 4 N–H and O–H groups in total. The maximum Gasteiger partial charge on any atom is 0.302 e. The third kappa shape index (κ3) is 6.55. The van der Waals surface area contributed by atoms with Gasteiger partial charge in [-0.1, -0.05) is 30.7 Å². The van der Waals surface area contributed by atoms with Gasteiger partial charge in [-0.15, -0.1) is 0 Å². The van der Waals surface area contributed by atoms with Crippen LogP contribution in [0.3, 0.4) is 0 Å². The molecule has 0 aliphatic heterocycles. The molecule has 2 aromatic heterocycles. The molecule has 10 heteroatoms. The minimum absolute atomic E-state index is 0.131. The van der Waals surface area contributed by atoms with Gasteiger partial charge < -0.3 is 25.5 Å².